The molecule has 2 unspecified atom stereocenters. The zero-order valence-electron chi connectivity index (χ0n) is 6.25. The number of likely N-dealkylation sites (N-methyl/N-ethyl adjacent to an activating group) is 1. The molecule has 1 saturated heterocycles. The number of nitriles is 1. The topological polar surface area (TPSA) is 53.0 Å². The molecule has 0 spiro atoms. The average Bonchev–Trinajstić information content (AvgIpc) is 1.88. The molecular formula is C7H13N3. The molecule has 3 nitrogen and oxygen atoms in total. The lowest BCUT2D eigenvalue weighted by atomic mass is 9.94. The van der Waals surface area contributed by atoms with Crippen LogP contribution < -0.4 is 5.73 Å². The van der Waals surface area contributed by atoms with E-state index in [9.17, 15) is 0 Å². The molecule has 1 aliphatic rings. The highest BCUT2D eigenvalue weighted by atomic mass is 15.1. The van der Waals surface area contributed by atoms with Crippen LogP contribution in [0.5, 0.6) is 0 Å². The Morgan fingerprint density at radius 3 is 2.90 bits per heavy atom. The Hall–Kier alpha value is -0.590. The maximum Gasteiger partial charge on any atom is 0.0673 e. The molecule has 2 atom stereocenters. The molecule has 2 N–H and O–H groups in total. The normalized spacial score (nSPS) is 35.3. The lowest BCUT2D eigenvalue weighted by Gasteiger charge is -2.30. The quantitative estimate of drug-likeness (QED) is 0.505. The Balaban J connectivity index is 2.45. The van der Waals surface area contributed by atoms with Crippen LogP contribution >= 0.6 is 0 Å². The zero-order chi connectivity index (χ0) is 7.56. The third kappa shape index (κ3) is 1.47. The molecule has 0 bridgehead atoms. The molecule has 0 amide bonds. The van der Waals surface area contributed by atoms with Gasteiger partial charge in [-0.25, -0.2) is 0 Å². The summed E-state index contributed by atoms with van der Waals surface area (Å²) in [5, 5.41) is 8.60. The van der Waals surface area contributed by atoms with Crippen LogP contribution in [0.4, 0.5) is 0 Å². The summed E-state index contributed by atoms with van der Waals surface area (Å²) in [7, 11) is 2.04. The van der Waals surface area contributed by atoms with Crippen LogP contribution in [0.3, 0.4) is 0 Å². The van der Waals surface area contributed by atoms with Gasteiger partial charge in [0.15, 0.2) is 0 Å². The highest BCUT2D eigenvalue weighted by Gasteiger charge is 2.23. The van der Waals surface area contributed by atoms with Crippen LogP contribution in [0, 0.1) is 17.2 Å². The van der Waals surface area contributed by atoms with Crippen LogP contribution in [0.15, 0.2) is 0 Å². The van der Waals surface area contributed by atoms with E-state index in [2.05, 4.69) is 11.0 Å². The molecule has 3 heteroatoms. The van der Waals surface area contributed by atoms with Crippen molar-refractivity contribution in [2.75, 3.05) is 20.1 Å². The van der Waals surface area contributed by atoms with E-state index < -0.39 is 0 Å². The van der Waals surface area contributed by atoms with Crippen molar-refractivity contribution >= 4 is 0 Å². The third-order valence-corrected chi connectivity index (χ3v) is 2.03. The van der Waals surface area contributed by atoms with Gasteiger partial charge >= 0.3 is 0 Å². The van der Waals surface area contributed by atoms with E-state index in [0.717, 1.165) is 19.5 Å². The van der Waals surface area contributed by atoms with Crippen molar-refractivity contribution in [1.29, 1.82) is 5.26 Å². The van der Waals surface area contributed by atoms with Crippen molar-refractivity contribution in [1.82, 2.24) is 4.90 Å². The van der Waals surface area contributed by atoms with E-state index in [4.69, 9.17) is 11.0 Å². The summed E-state index contributed by atoms with van der Waals surface area (Å²) in [5.74, 6) is 0.0798. The van der Waals surface area contributed by atoms with Gasteiger partial charge in [0.1, 0.15) is 0 Å². The fraction of sp³-hybridized carbons (Fsp3) is 0.857. The summed E-state index contributed by atoms with van der Waals surface area (Å²) < 4.78 is 0. The van der Waals surface area contributed by atoms with Gasteiger partial charge in [0.25, 0.3) is 0 Å². The molecule has 0 aliphatic carbocycles. The van der Waals surface area contributed by atoms with Crippen molar-refractivity contribution in [3.63, 3.8) is 0 Å². The minimum Gasteiger partial charge on any atom is -0.325 e. The first-order valence-corrected chi connectivity index (χ1v) is 3.58. The van der Waals surface area contributed by atoms with E-state index in [1.807, 2.05) is 7.05 Å². The van der Waals surface area contributed by atoms with Crippen LogP contribution in [-0.2, 0) is 0 Å². The summed E-state index contributed by atoms with van der Waals surface area (Å²) >= 11 is 0. The van der Waals surface area contributed by atoms with Crippen molar-refractivity contribution in [2.24, 2.45) is 11.7 Å². The minimum atomic E-state index is 0.0590. The second-order valence-corrected chi connectivity index (χ2v) is 2.95. The van der Waals surface area contributed by atoms with E-state index in [1.54, 1.807) is 0 Å². The maximum absolute atomic E-state index is 8.60. The van der Waals surface area contributed by atoms with Crippen molar-refractivity contribution in [3.8, 4) is 6.07 Å². The molecule has 56 valence electrons. The Bertz CT molecular complexity index is 149. The monoisotopic (exact) mass is 139 g/mol. The largest absolute Gasteiger partial charge is 0.325 e. The van der Waals surface area contributed by atoms with Crippen LogP contribution in [0.1, 0.15) is 6.42 Å². The number of nitrogens with zero attached hydrogens (tertiary/aromatic N) is 2. The van der Waals surface area contributed by atoms with Gasteiger partial charge in [0, 0.05) is 12.6 Å². The van der Waals surface area contributed by atoms with Crippen molar-refractivity contribution in [2.45, 2.75) is 12.5 Å². The zero-order valence-corrected chi connectivity index (χ0v) is 6.25. The average molecular weight is 139 g/mol. The van der Waals surface area contributed by atoms with Crippen molar-refractivity contribution < 1.29 is 0 Å². The van der Waals surface area contributed by atoms with Gasteiger partial charge in [-0.15, -0.1) is 0 Å². The summed E-state index contributed by atoms with van der Waals surface area (Å²) in [6, 6.07) is 2.28. The number of rotatable bonds is 0. The highest BCUT2D eigenvalue weighted by Crippen LogP contribution is 2.13. The van der Waals surface area contributed by atoms with E-state index in [0.29, 0.717) is 0 Å². The fourth-order valence-electron chi connectivity index (χ4n) is 1.31. The summed E-state index contributed by atoms with van der Waals surface area (Å²) in [6.07, 6.45) is 0.925. The van der Waals surface area contributed by atoms with Crippen LogP contribution in [0.2, 0.25) is 0 Å². The first-order chi connectivity index (χ1) is 4.74. The predicted molar refractivity (Wildman–Crippen MR) is 39.2 cm³/mol. The Morgan fingerprint density at radius 2 is 2.40 bits per heavy atom. The summed E-state index contributed by atoms with van der Waals surface area (Å²) in [5.41, 5.74) is 5.72. The lowest BCUT2D eigenvalue weighted by molar-refractivity contribution is 0.219. The lowest BCUT2D eigenvalue weighted by Crippen LogP contribution is -2.46. The van der Waals surface area contributed by atoms with E-state index >= 15 is 0 Å². The summed E-state index contributed by atoms with van der Waals surface area (Å²) in [4.78, 5) is 2.17. The van der Waals surface area contributed by atoms with Crippen molar-refractivity contribution in [3.05, 3.63) is 0 Å². The highest BCUT2D eigenvalue weighted by molar-refractivity contribution is 4.94. The molecule has 0 saturated carbocycles. The van der Waals surface area contributed by atoms with Crippen LogP contribution in [0.25, 0.3) is 0 Å². The summed E-state index contributed by atoms with van der Waals surface area (Å²) in [6.45, 7) is 1.87. The van der Waals surface area contributed by atoms with E-state index in [-0.39, 0.29) is 12.0 Å². The standard InChI is InChI=1S/C7H13N3/c1-10-3-2-6(4-8)7(9)5-10/h6-7H,2-3,5,9H2,1H3. The van der Waals surface area contributed by atoms with Gasteiger partial charge in [-0.3, -0.25) is 0 Å². The third-order valence-electron chi connectivity index (χ3n) is 2.03. The minimum absolute atomic E-state index is 0.0590. The van der Waals surface area contributed by atoms with Gasteiger partial charge in [0.2, 0.25) is 0 Å². The second-order valence-electron chi connectivity index (χ2n) is 2.95. The molecule has 0 aromatic heterocycles. The Morgan fingerprint density at radius 1 is 1.70 bits per heavy atom. The van der Waals surface area contributed by atoms with Gasteiger partial charge in [0.05, 0.1) is 12.0 Å². The molecule has 1 aliphatic heterocycles. The smallest absolute Gasteiger partial charge is 0.0673 e. The molecule has 1 heterocycles. The molecule has 1 rings (SSSR count). The van der Waals surface area contributed by atoms with Gasteiger partial charge < -0.3 is 10.6 Å². The molecule has 1 fully saturated rings. The molecular weight excluding hydrogens is 126 g/mol. The number of likely N-dealkylation sites (tertiary alicyclic amines) is 1. The molecule has 0 aromatic rings. The molecule has 0 aromatic carbocycles. The van der Waals surface area contributed by atoms with Gasteiger partial charge in [-0.1, -0.05) is 0 Å². The maximum atomic E-state index is 8.60. The predicted octanol–water partition coefficient (Wildman–Crippen LogP) is -0.211. The molecule has 0 radical (unpaired) electrons. The van der Waals surface area contributed by atoms with Crippen LogP contribution in [-0.4, -0.2) is 31.1 Å². The Labute approximate surface area is 61.4 Å². The fourth-order valence-corrected chi connectivity index (χ4v) is 1.31. The number of hydrogen-bond acceptors (Lipinski definition) is 3. The van der Waals surface area contributed by atoms with Gasteiger partial charge in [-0.2, -0.15) is 5.26 Å². The second kappa shape index (κ2) is 3.00. The number of hydrogen-bond donors (Lipinski definition) is 1. The molecule has 10 heavy (non-hydrogen) atoms. The first kappa shape index (κ1) is 7.52. The van der Waals surface area contributed by atoms with Gasteiger partial charge in [-0.05, 0) is 20.0 Å². The first-order valence-electron chi connectivity index (χ1n) is 3.58. The van der Waals surface area contributed by atoms with E-state index in [1.165, 1.54) is 0 Å². The number of piperidine rings is 1. The number of nitrogens with two attached hydrogens (primary N) is 1. The SMILES string of the molecule is CN1CCC(C#N)C(N)C1. The Kier molecular flexibility index (Phi) is 2.25.